The van der Waals surface area contributed by atoms with Crippen LogP contribution in [0.3, 0.4) is 0 Å². The topological polar surface area (TPSA) is 88.2 Å². The number of nitrogens with zero attached hydrogens (tertiary/aromatic N) is 2. The maximum absolute atomic E-state index is 13.1. The van der Waals surface area contributed by atoms with E-state index in [1.165, 1.54) is 17.0 Å². The van der Waals surface area contributed by atoms with Crippen molar-refractivity contribution in [1.29, 1.82) is 0 Å². The van der Waals surface area contributed by atoms with Crippen molar-refractivity contribution >= 4 is 23.8 Å². The number of nitrogens with one attached hydrogen (secondary N) is 1. The molecule has 1 N–H and O–H groups in total. The van der Waals surface area contributed by atoms with Crippen LogP contribution >= 0.6 is 0 Å². The number of halogens is 3. The van der Waals surface area contributed by atoms with Gasteiger partial charge in [0.1, 0.15) is 5.75 Å². The molecule has 0 spiro atoms. The molecule has 3 rings (SSSR count). The van der Waals surface area contributed by atoms with Crippen molar-refractivity contribution in [3.8, 4) is 5.75 Å². The highest BCUT2D eigenvalue weighted by molar-refractivity contribution is 6.15. The van der Waals surface area contributed by atoms with Crippen molar-refractivity contribution in [3.63, 3.8) is 0 Å². The summed E-state index contributed by atoms with van der Waals surface area (Å²) in [5, 5.41) is 2.01. The molecule has 0 bridgehead atoms. The molecule has 2 aromatic rings. The fraction of sp³-hybridized carbons (Fsp3) is 0.250. The van der Waals surface area contributed by atoms with Crippen molar-refractivity contribution in [2.45, 2.75) is 6.18 Å². The lowest BCUT2D eigenvalue weighted by molar-refractivity contribution is -0.137. The molecule has 1 fully saturated rings. The number of anilines is 1. The molecular formula is C20H18F3N3O5. The number of alkyl halides is 3. The Balaban J connectivity index is 1.87. The van der Waals surface area contributed by atoms with Gasteiger partial charge in [0.15, 0.2) is 0 Å². The highest BCUT2D eigenvalue weighted by atomic mass is 19.4. The number of amides is 5. The maximum Gasteiger partial charge on any atom is 0.428 e. The lowest BCUT2D eigenvalue weighted by atomic mass is 10.2. The van der Waals surface area contributed by atoms with Crippen LogP contribution in [0.1, 0.15) is 5.56 Å². The Kier molecular flexibility index (Phi) is 6.75. The number of carbonyl (C=O) groups excluding carboxylic acids is 3. The summed E-state index contributed by atoms with van der Waals surface area (Å²) in [5.41, 5.74) is -1.49. The van der Waals surface area contributed by atoms with E-state index in [0.29, 0.717) is 11.0 Å². The van der Waals surface area contributed by atoms with Gasteiger partial charge in [-0.15, -0.1) is 0 Å². The Hall–Kier alpha value is -3.60. The SMILES string of the molecule is O=C(NC(=O)N(C(=O)Oc1ccccc1)c1cccc(C(F)(F)F)c1)N1CCOCC1. The molecule has 164 valence electrons. The van der Waals surface area contributed by atoms with Gasteiger partial charge in [0.2, 0.25) is 0 Å². The number of rotatable bonds is 2. The quantitative estimate of drug-likeness (QED) is 0.771. The first-order valence-electron chi connectivity index (χ1n) is 9.17. The summed E-state index contributed by atoms with van der Waals surface area (Å²) >= 11 is 0. The molecule has 1 saturated heterocycles. The Morgan fingerprint density at radius 1 is 1.00 bits per heavy atom. The molecule has 0 unspecified atom stereocenters. The number of morpholine rings is 1. The van der Waals surface area contributed by atoms with Gasteiger partial charge in [-0.3, -0.25) is 5.32 Å². The van der Waals surface area contributed by atoms with Crippen LogP contribution in [-0.4, -0.2) is 49.4 Å². The summed E-state index contributed by atoms with van der Waals surface area (Å²) in [5.74, 6) is 0.0665. The van der Waals surface area contributed by atoms with Gasteiger partial charge in [-0.25, -0.2) is 14.4 Å². The number of ether oxygens (including phenoxy) is 2. The molecule has 11 heteroatoms. The van der Waals surface area contributed by atoms with Crippen LogP contribution < -0.4 is 15.0 Å². The average molecular weight is 437 g/mol. The van der Waals surface area contributed by atoms with E-state index < -0.39 is 35.6 Å². The average Bonchev–Trinajstić information content (AvgIpc) is 2.75. The zero-order valence-electron chi connectivity index (χ0n) is 16.1. The minimum Gasteiger partial charge on any atom is -0.410 e. The smallest absolute Gasteiger partial charge is 0.410 e. The van der Waals surface area contributed by atoms with E-state index in [2.05, 4.69) is 0 Å². The van der Waals surface area contributed by atoms with Gasteiger partial charge in [0.25, 0.3) is 0 Å². The Morgan fingerprint density at radius 2 is 1.68 bits per heavy atom. The fourth-order valence-corrected chi connectivity index (χ4v) is 2.75. The van der Waals surface area contributed by atoms with E-state index in [-0.39, 0.29) is 32.1 Å². The van der Waals surface area contributed by atoms with Crippen LogP contribution in [0.5, 0.6) is 5.75 Å². The molecule has 0 aliphatic carbocycles. The van der Waals surface area contributed by atoms with Crippen LogP contribution in [0.25, 0.3) is 0 Å². The van der Waals surface area contributed by atoms with Gasteiger partial charge < -0.3 is 14.4 Å². The molecule has 2 aromatic carbocycles. The summed E-state index contributed by atoms with van der Waals surface area (Å²) in [7, 11) is 0. The van der Waals surface area contributed by atoms with Gasteiger partial charge in [-0.05, 0) is 30.3 Å². The molecule has 0 aromatic heterocycles. The molecule has 1 heterocycles. The van der Waals surface area contributed by atoms with Crippen molar-refractivity contribution in [2.24, 2.45) is 0 Å². The zero-order chi connectivity index (χ0) is 22.4. The Morgan fingerprint density at radius 3 is 2.32 bits per heavy atom. The number of hydrogen-bond donors (Lipinski definition) is 1. The molecule has 0 radical (unpaired) electrons. The lowest BCUT2D eigenvalue weighted by Crippen LogP contribution is -2.53. The van der Waals surface area contributed by atoms with E-state index >= 15 is 0 Å². The van der Waals surface area contributed by atoms with Gasteiger partial charge in [0.05, 0.1) is 24.5 Å². The van der Waals surface area contributed by atoms with Crippen LogP contribution in [0.4, 0.5) is 33.2 Å². The summed E-state index contributed by atoms with van der Waals surface area (Å²) in [6.07, 6.45) is -5.98. The van der Waals surface area contributed by atoms with E-state index in [4.69, 9.17) is 9.47 Å². The highest BCUT2D eigenvalue weighted by Gasteiger charge is 2.34. The fourth-order valence-electron chi connectivity index (χ4n) is 2.75. The van der Waals surface area contributed by atoms with Crippen molar-refractivity contribution in [2.75, 3.05) is 31.2 Å². The lowest BCUT2D eigenvalue weighted by Gasteiger charge is -2.28. The van der Waals surface area contributed by atoms with Gasteiger partial charge in [0, 0.05) is 13.1 Å². The minimum atomic E-state index is -4.70. The van der Waals surface area contributed by atoms with Gasteiger partial charge in [-0.2, -0.15) is 18.1 Å². The summed E-state index contributed by atoms with van der Waals surface area (Å²) in [6, 6.07) is 9.17. The van der Waals surface area contributed by atoms with Gasteiger partial charge in [-0.1, -0.05) is 24.3 Å². The van der Waals surface area contributed by atoms with E-state index in [1.807, 2.05) is 5.32 Å². The standard InChI is InChI=1S/C20H18F3N3O5/c21-20(22,23)14-5-4-6-15(13-14)26(19(29)31-16-7-2-1-3-8-16)18(28)24-17(27)25-9-11-30-12-10-25/h1-8,13H,9-12H2,(H,24,27,28). The molecule has 5 amide bonds. The number of hydrogen-bond acceptors (Lipinski definition) is 5. The molecule has 31 heavy (non-hydrogen) atoms. The number of para-hydroxylation sites is 1. The molecule has 1 aliphatic rings. The third-order valence-electron chi connectivity index (χ3n) is 4.28. The van der Waals surface area contributed by atoms with E-state index in [0.717, 1.165) is 18.2 Å². The first-order chi connectivity index (χ1) is 14.8. The van der Waals surface area contributed by atoms with E-state index in [1.54, 1.807) is 18.2 Å². The first kappa shape index (κ1) is 22.1. The third-order valence-corrected chi connectivity index (χ3v) is 4.28. The van der Waals surface area contributed by atoms with E-state index in [9.17, 15) is 27.6 Å². The molecule has 0 saturated carbocycles. The van der Waals surface area contributed by atoms with Gasteiger partial charge >= 0.3 is 24.3 Å². The summed E-state index contributed by atoms with van der Waals surface area (Å²) in [6.45, 7) is 0.984. The minimum absolute atomic E-state index is 0.0665. The second-order valence-electron chi connectivity index (χ2n) is 6.40. The number of imide groups is 2. The van der Waals surface area contributed by atoms with Crippen molar-refractivity contribution in [3.05, 3.63) is 60.2 Å². The number of urea groups is 2. The number of carbonyl (C=O) groups is 3. The summed E-state index contributed by atoms with van der Waals surface area (Å²) in [4.78, 5) is 39.4. The van der Waals surface area contributed by atoms with Crippen LogP contribution in [0.15, 0.2) is 54.6 Å². The highest BCUT2D eigenvalue weighted by Crippen LogP contribution is 2.32. The molecule has 1 aliphatic heterocycles. The van der Waals surface area contributed by atoms with Crippen LogP contribution in [0.2, 0.25) is 0 Å². The summed E-state index contributed by atoms with van der Waals surface area (Å²) < 4.78 is 49.6. The normalized spacial score (nSPS) is 14.0. The maximum atomic E-state index is 13.1. The van der Waals surface area contributed by atoms with Crippen molar-refractivity contribution < 1.29 is 37.0 Å². The molecule has 8 nitrogen and oxygen atoms in total. The molecular weight excluding hydrogens is 419 g/mol. The predicted molar refractivity (Wildman–Crippen MR) is 103 cm³/mol. The van der Waals surface area contributed by atoms with Crippen LogP contribution in [-0.2, 0) is 10.9 Å². The van der Waals surface area contributed by atoms with Crippen molar-refractivity contribution in [1.82, 2.24) is 10.2 Å². The largest absolute Gasteiger partial charge is 0.428 e. The zero-order valence-corrected chi connectivity index (χ0v) is 16.1. The van der Waals surface area contributed by atoms with Crippen LogP contribution in [0, 0.1) is 0 Å². The Labute approximate surface area is 175 Å². The Bertz CT molecular complexity index is 947. The second-order valence-corrected chi connectivity index (χ2v) is 6.40. The number of benzene rings is 2. The second kappa shape index (κ2) is 9.47. The monoisotopic (exact) mass is 437 g/mol. The molecule has 0 atom stereocenters. The first-order valence-corrected chi connectivity index (χ1v) is 9.17. The third kappa shape index (κ3) is 5.72. The predicted octanol–water partition coefficient (Wildman–Crippen LogP) is 3.87.